The predicted octanol–water partition coefficient (Wildman–Crippen LogP) is 3.44. The number of ketones is 1. The lowest BCUT2D eigenvalue weighted by Gasteiger charge is -2.34. The molecule has 2 N–H and O–H groups in total. The Morgan fingerprint density at radius 3 is 2.52 bits per heavy atom. The first-order chi connectivity index (χ1) is 15.0. The van der Waals surface area contributed by atoms with Gasteiger partial charge in [-0.2, -0.15) is 5.21 Å². The molecule has 31 heavy (non-hydrogen) atoms. The van der Waals surface area contributed by atoms with Crippen molar-refractivity contribution in [2.24, 2.45) is 5.92 Å². The number of hydrogen-bond acceptors (Lipinski definition) is 6. The SMILES string of the molecule is CC(C(=O)Nc1ccccc1-c1nn[nH]n1)N1CCC(C(=O)c2ccc(Cl)cc2)CC1. The maximum atomic E-state index is 12.9. The number of carbonyl (C=O) groups excluding carboxylic acids is 2. The number of benzene rings is 2. The monoisotopic (exact) mass is 438 g/mol. The number of piperidine rings is 1. The zero-order valence-electron chi connectivity index (χ0n) is 17.1. The number of H-pyrrole nitrogens is 1. The summed E-state index contributed by atoms with van der Waals surface area (Å²) in [5, 5.41) is 17.6. The Hall–Kier alpha value is -3.10. The lowest BCUT2D eigenvalue weighted by atomic mass is 9.88. The normalized spacial score (nSPS) is 16.1. The molecular weight excluding hydrogens is 416 g/mol. The Balaban J connectivity index is 1.36. The molecule has 0 spiro atoms. The van der Waals surface area contributed by atoms with Gasteiger partial charge in [0, 0.05) is 22.1 Å². The van der Waals surface area contributed by atoms with Crippen molar-refractivity contribution in [3.63, 3.8) is 0 Å². The zero-order chi connectivity index (χ0) is 21.8. The Bertz CT molecular complexity index is 1050. The predicted molar refractivity (Wildman–Crippen MR) is 118 cm³/mol. The first kappa shape index (κ1) is 21.1. The molecule has 1 aliphatic rings. The number of likely N-dealkylation sites (tertiary alicyclic amines) is 1. The minimum Gasteiger partial charge on any atom is -0.324 e. The van der Waals surface area contributed by atoms with Gasteiger partial charge in [-0.25, -0.2) is 0 Å². The topological polar surface area (TPSA) is 104 Å². The fourth-order valence-corrected chi connectivity index (χ4v) is 3.99. The molecule has 160 valence electrons. The van der Waals surface area contributed by atoms with Gasteiger partial charge in [0.25, 0.3) is 0 Å². The summed E-state index contributed by atoms with van der Waals surface area (Å²) in [7, 11) is 0. The average Bonchev–Trinajstić information content (AvgIpc) is 3.34. The van der Waals surface area contributed by atoms with Crippen LogP contribution in [0, 0.1) is 5.92 Å². The van der Waals surface area contributed by atoms with Gasteiger partial charge >= 0.3 is 0 Å². The van der Waals surface area contributed by atoms with Crippen LogP contribution in [0.4, 0.5) is 5.69 Å². The molecular formula is C22H23ClN6O2. The van der Waals surface area contributed by atoms with Gasteiger partial charge in [0.05, 0.1) is 11.7 Å². The van der Waals surface area contributed by atoms with Crippen LogP contribution in [0.15, 0.2) is 48.5 Å². The van der Waals surface area contributed by atoms with E-state index in [1.165, 1.54) is 0 Å². The molecule has 1 unspecified atom stereocenters. The first-order valence-corrected chi connectivity index (χ1v) is 10.6. The second-order valence-electron chi connectivity index (χ2n) is 7.63. The molecule has 2 heterocycles. The molecule has 0 bridgehead atoms. The van der Waals surface area contributed by atoms with Crippen LogP contribution in [0.1, 0.15) is 30.1 Å². The number of nitrogens with zero attached hydrogens (tertiary/aromatic N) is 4. The number of aromatic nitrogens is 4. The van der Waals surface area contributed by atoms with E-state index in [1.807, 2.05) is 31.2 Å². The summed E-state index contributed by atoms with van der Waals surface area (Å²) in [6, 6.07) is 14.0. The number of hydrogen-bond donors (Lipinski definition) is 2. The van der Waals surface area contributed by atoms with Crippen LogP contribution in [0.25, 0.3) is 11.4 Å². The van der Waals surface area contributed by atoms with Gasteiger partial charge in [-0.15, -0.1) is 10.2 Å². The van der Waals surface area contributed by atoms with Crippen molar-refractivity contribution >= 4 is 29.0 Å². The quantitative estimate of drug-likeness (QED) is 0.571. The van der Waals surface area contributed by atoms with E-state index in [-0.39, 0.29) is 23.7 Å². The smallest absolute Gasteiger partial charge is 0.241 e. The summed E-state index contributed by atoms with van der Waals surface area (Å²) >= 11 is 5.92. The van der Waals surface area contributed by atoms with Crippen LogP contribution in [0.5, 0.6) is 0 Å². The molecule has 0 aliphatic carbocycles. The molecule has 9 heteroatoms. The molecule has 8 nitrogen and oxygen atoms in total. The number of tetrazole rings is 1. The summed E-state index contributed by atoms with van der Waals surface area (Å²) in [5.74, 6) is 0.414. The molecule has 2 aromatic carbocycles. The van der Waals surface area contributed by atoms with Crippen LogP contribution in [0.2, 0.25) is 5.02 Å². The van der Waals surface area contributed by atoms with E-state index in [0.717, 1.165) is 12.8 Å². The molecule has 1 aliphatic heterocycles. The number of anilines is 1. The summed E-state index contributed by atoms with van der Waals surface area (Å²) in [5.41, 5.74) is 2.02. The molecule has 4 rings (SSSR count). The Labute approximate surface area is 185 Å². The van der Waals surface area contributed by atoms with E-state index >= 15 is 0 Å². The number of aromatic amines is 1. The number of rotatable bonds is 6. The molecule has 1 saturated heterocycles. The maximum absolute atomic E-state index is 12.9. The van der Waals surface area contributed by atoms with Crippen molar-refractivity contribution in [2.45, 2.75) is 25.8 Å². The molecule has 1 amide bonds. The van der Waals surface area contributed by atoms with Crippen molar-refractivity contribution in [2.75, 3.05) is 18.4 Å². The van der Waals surface area contributed by atoms with Crippen molar-refractivity contribution in [3.8, 4) is 11.4 Å². The van der Waals surface area contributed by atoms with Crippen molar-refractivity contribution in [1.82, 2.24) is 25.5 Å². The van der Waals surface area contributed by atoms with Crippen LogP contribution >= 0.6 is 11.6 Å². The number of carbonyl (C=O) groups is 2. The fraction of sp³-hybridized carbons (Fsp3) is 0.318. The molecule has 0 radical (unpaired) electrons. The Kier molecular flexibility index (Phi) is 6.39. The van der Waals surface area contributed by atoms with E-state index < -0.39 is 0 Å². The fourth-order valence-electron chi connectivity index (χ4n) is 3.86. The zero-order valence-corrected chi connectivity index (χ0v) is 17.8. The highest BCUT2D eigenvalue weighted by atomic mass is 35.5. The Morgan fingerprint density at radius 2 is 1.84 bits per heavy atom. The maximum Gasteiger partial charge on any atom is 0.241 e. The van der Waals surface area contributed by atoms with Gasteiger partial charge in [-0.05, 0) is 74.5 Å². The summed E-state index contributed by atoms with van der Waals surface area (Å²) in [6.07, 6.45) is 1.44. The highest BCUT2D eigenvalue weighted by molar-refractivity contribution is 6.30. The third kappa shape index (κ3) is 4.81. The Morgan fingerprint density at radius 1 is 1.13 bits per heavy atom. The van der Waals surface area contributed by atoms with E-state index in [2.05, 4.69) is 30.8 Å². The highest BCUT2D eigenvalue weighted by Crippen LogP contribution is 2.26. The summed E-state index contributed by atoms with van der Waals surface area (Å²) < 4.78 is 0. The molecule has 0 saturated carbocycles. The number of halogens is 1. The van der Waals surface area contributed by atoms with E-state index in [4.69, 9.17) is 11.6 Å². The minimum atomic E-state index is -0.329. The van der Waals surface area contributed by atoms with E-state index in [0.29, 0.717) is 40.8 Å². The number of amides is 1. The first-order valence-electron chi connectivity index (χ1n) is 10.2. The van der Waals surface area contributed by atoms with Gasteiger partial charge in [0.2, 0.25) is 11.7 Å². The van der Waals surface area contributed by atoms with Crippen molar-refractivity contribution in [1.29, 1.82) is 0 Å². The van der Waals surface area contributed by atoms with Gasteiger partial charge in [-0.3, -0.25) is 14.5 Å². The van der Waals surface area contributed by atoms with Crippen LogP contribution in [-0.2, 0) is 4.79 Å². The van der Waals surface area contributed by atoms with Gasteiger partial charge in [0.15, 0.2) is 5.78 Å². The van der Waals surface area contributed by atoms with Gasteiger partial charge in [-0.1, -0.05) is 23.7 Å². The standard InChI is InChI=1S/C22H23ClN6O2/c1-14(22(31)24-19-5-3-2-4-18(19)21-25-27-28-26-21)29-12-10-16(11-13-29)20(30)15-6-8-17(23)9-7-15/h2-9,14,16H,10-13H2,1H3,(H,24,31)(H,25,26,27,28). The summed E-state index contributed by atoms with van der Waals surface area (Å²) in [6.45, 7) is 3.25. The average molecular weight is 439 g/mol. The van der Waals surface area contributed by atoms with E-state index in [9.17, 15) is 9.59 Å². The number of nitrogens with one attached hydrogen (secondary N) is 2. The number of Topliss-reactive ketones (excluding diaryl/α,β-unsaturated/α-hetero) is 1. The lowest BCUT2D eigenvalue weighted by molar-refractivity contribution is -0.121. The van der Waals surface area contributed by atoms with Gasteiger partial charge in [0.1, 0.15) is 0 Å². The third-order valence-electron chi connectivity index (χ3n) is 5.73. The van der Waals surface area contributed by atoms with Gasteiger partial charge < -0.3 is 5.32 Å². The number of para-hydroxylation sites is 1. The van der Waals surface area contributed by atoms with Crippen LogP contribution < -0.4 is 5.32 Å². The van der Waals surface area contributed by atoms with Crippen LogP contribution in [0.3, 0.4) is 0 Å². The molecule has 3 aromatic rings. The van der Waals surface area contributed by atoms with Crippen molar-refractivity contribution < 1.29 is 9.59 Å². The molecule has 1 atom stereocenters. The second-order valence-corrected chi connectivity index (χ2v) is 8.06. The van der Waals surface area contributed by atoms with Crippen LogP contribution in [-0.4, -0.2) is 56.3 Å². The molecule has 1 aromatic heterocycles. The van der Waals surface area contributed by atoms with E-state index in [1.54, 1.807) is 24.3 Å². The summed E-state index contributed by atoms with van der Waals surface area (Å²) in [4.78, 5) is 27.8. The third-order valence-corrected chi connectivity index (χ3v) is 5.98. The minimum absolute atomic E-state index is 0.0355. The molecule has 1 fully saturated rings. The lowest BCUT2D eigenvalue weighted by Crippen LogP contribution is -2.47. The highest BCUT2D eigenvalue weighted by Gasteiger charge is 2.30. The second kappa shape index (κ2) is 9.36. The largest absolute Gasteiger partial charge is 0.324 e. The van der Waals surface area contributed by atoms with Crippen molar-refractivity contribution in [3.05, 3.63) is 59.1 Å².